The van der Waals surface area contributed by atoms with Crippen LogP contribution < -0.4 is 0 Å². The van der Waals surface area contributed by atoms with Gasteiger partial charge in [-0.05, 0) is 35.7 Å². The minimum absolute atomic E-state index is 0.307. The van der Waals surface area contributed by atoms with Crippen molar-refractivity contribution >= 4 is 15.9 Å². The zero-order chi connectivity index (χ0) is 10.4. The Hall–Kier alpha value is -0.350. The van der Waals surface area contributed by atoms with Gasteiger partial charge in [0.15, 0.2) is 0 Å². The number of hydrogen-bond donors (Lipinski definition) is 1. The molecule has 0 unspecified atom stereocenters. The molecule has 1 atom stereocenters. The van der Waals surface area contributed by atoms with Crippen molar-refractivity contribution in [2.45, 2.75) is 38.6 Å². The maximum Gasteiger partial charge on any atom is 0.0632 e. The largest absolute Gasteiger partial charge is 0.396 e. The molecule has 0 saturated carbocycles. The number of nitrogens with zero attached hydrogens (tertiary/aromatic N) is 2. The maximum absolute atomic E-state index is 8.63. The predicted molar refractivity (Wildman–Crippen MR) is 60.2 cm³/mol. The Labute approximate surface area is 93.3 Å². The van der Waals surface area contributed by atoms with Crippen LogP contribution in [0.25, 0.3) is 0 Å². The van der Waals surface area contributed by atoms with Gasteiger partial charge in [-0.2, -0.15) is 5.10 Å². The van der Waals surface area contributed by atoms with Gasteiger partial charge in [0.25, 0.3) is 0 Å². The molecule has 1 aromatic heterocycles. The van der Waals surface area contributed by atoms with E-state index in [0.29, 0.717) is 12.6 Å². The molecule has 0 bridgehead atoms. The van der Waals surface area contributed by atoms with Crippen molar-refractivity contribution < 1.29 is 5.11 Å². The highest BCUT2D eigenvalue weighted by molar-refractivity contribution is 9.10. The third-order valence-corrected chi connectivity index (χ3v) is 2.71. The summed E-state index contributed by atoms with van der Waals surface area (Å²) in [5.41, 5.74) is 0. The summed E-state index contributed by atoms with van der Waals surface area (Å²) in [7, 11) is 0. The lowest BCUT2D eigenvalue weighted by atomic mass is 10.1. The summed E-state index contributed by atoms with van der Waals surface area (Å²) in [5, 5.41) is 12.9. The van der Waals surface area contributed by atoms with Gasteiger partial charge in [0.1, 0.15) is 0 Å². The third-order valence-electron chi connectivity index (χ3n) is 2.30. The van der Waals surface area contributed by atoms with Gasteiger partial charge in [0, 0.05) is 18.8 Å². The van der Waals surface area contributed by atoms with E-state index in [1.54, 1.807) is 0 Å². The highest BCUT2D eigenvalue weighted by atomic mass is 79.9. The van der Waals surface area contributed by atoms with Gasteiger partial charge in [0.05, 0.1) is 10.7 Å². The molecule has 0 saturated heterocycles. The minimum Gasteiger partial charge on any atom is -0.396 e. The van der Waals surface area contributed by atoms with Crippen molar-refractivity contribution in [3.63, 3.8) is 0 Å². The van der Waals surface area contributed by atoms with Crippen LogP contribution in [-0.4, -0.2) is 21.5 Å². The molecule has 1 rings (SSSR count). The van der Waals surface area contributed by atoms with Crippen molar-refractivity contribution in [2.75, 3.05) is 6.61 Å². The summed E-state index contributed by atoms with van der Waals surface area (Å²) < 4.78 is 3.00. The standard InChI is InChI=1S/C10H17BrN2O/c1-9(5-3-2-4-6-14)13-8-10(11)7-12-13/h7-9,14H,2-6H2,1H3/t9-/m1/s1. The molecule has 0 amide bonds. The Balaban J connectivity index is 2.25. The lowest BCUT2D eigenvalue weighted by molar-refractivity contribution is 0.280. The number of aliphatic hydroxyl groups excluding tert-OH is 1. The van der Waals surface area contributed by atoms with Crippen LogP contribution in [0.15, 0.2) is 16.9 Å². The average Bonchev–Trinajstić information content (AvgIpc) is 2.59. The molecular weight excluding hydrogens is 244 g/mol. The molecule has 1 heterocycles. The van der Waals surface area contributed by atoms with Crippen molar-refractivity contribution in [3.05, 3.63) is 16.9 Å². The molecule has 0 aliphatic heterocycles. The van der Waals surface area contributed by atoms with Crippen LogP contribution in [0.1, 0.15) is 38.6 Å². The van der Waals surface area contributed by atoms with Crippen molar-refractivity contribution in [1.29, 1.82) is 0 Å². The maximum atomic E-state index is 8.63. The van der Waals surface area contributed by atoms with E-state index in [9.17, 15) is 0 Å². The molecule has 0 aliphatic carbocycles. The van der Waals surface area contributed by atoms with E-state index in [4.69, 9.17) is 5.11 Å². The normalized spacial score (nSPS) is 13.1. The van der Waals surface area contributed by atoms with Gasteiger partial charge in [-0.3, -0.25) is 4.68 Å². The summed E-state index contributed by atoms with van der Waals surface area (Å²) in [6, 6.07) is 0.444. The van der Waals surface area contributed by atoms with Gasteiger partial charge in [-0.25, -0.2) is 0 Å². The van der Waals surface area contributed by atoms with Crippen LogP contribution in [0.4, 0.5) is 0 Å². The molecule has 80 valence electrons. The van der Waals surface area contributed by atoms with Gasteiger partial charge >= 0.3 is 0 Å². The zero-order valence-electron chi connectivity index (χ0n) is 8.49. The van der Waals surface area contributed by atoms with Crippen molar-refractivity contribution in [3.8, 4) is 0 Å². The highest BCUT2D eigenvalue weighted by Crippen LogP contribution is 2.16. The Bertz CT molecular complexity index is 262. The molecule has 0 spiro atoms. The molecule has 0 aromatic carbocycles. The second-order valence-electron chi connectivity index (χ2n) is 3.56. The molecule has 14 heavy (non-hydrogen) atoms. The number of rotatable bonds is 6. The molecule has 0 radical (unpaired) electrons. The zero-order valence-corrected chi connectivity index (χ0v) is 10.1. The average molecular weight is 261 g/mol. The van der Waals surface area contributed by atoms with E-state index in [1.807, 2.05) is 17.1 Å². The fourth-order valence-corrected chi connectivity index (χ4v) is 1.72. The van der Waals surface area contributed by atoms with Crippen LogP contribution in [0.2, 0.25) is 0 Å². The number of aliphatic hydroxyl groups is 1. The van der Waals surface area contributed by atoms with E-state index >= 15 is 0 Å². The molecule has 3 nitrogen and oxygen atoms in total. The molecular formula is C10H17BrN2O. The Morgan fingerprint density at radius 2 is 2.29 bits per heavy atom. The predicted octanol–water partition coefficient (Wildman–Crippen LogP) is 2.76. The summed E-state index contributed by atoms with van der Waals surface area (Å²) in [6.07, 6.45) is 8.09. The monoisotopic (exact) mass is 260 g/mol. The van der Waals surface area contributed by atoms with Gasteiger partial charge in [0.2, 0.25) is 0 Å². The van der Waals surface area contributed by atoms with Crippen LogP contribution in [-0.2, 0) is 0 Å². The fraction of sp³-hybridized carbons (Fsp3) is 0.700. The Morgan fingerprint density at radius 3 is 2.86 bits per heavy atom. The van der Waals surface area contributed by atoms with Gasteiger partial charge < -0.3 is 5.11 Å². The number of halogens is 1. The van der Waals surface area contributed by atoms with Crippen LogP contribution in [0, 0.1) is 0 Å². The number of unbranched alkanes of at least 4 members (excludes halogenated alkanes) is 2. The summed E-state index contributed by atoms with van der Waals surface area (Å²) in [4.78, 5) is 0. The van der Waals surface area contributed by atoms with Gasteiger partial charge in [-0.1, -0.05) is 12.8 Å². The lowest BCUT2D eigenvalue weighted by Gasteiger charge is -2.11. The lowest BCUT2D eigenvalue weighted by Crippen LogP contribution is -2.05. The van der Waals surface area contributed by atoms with Crippen LogP contribution in [0.5, 0.6) is 0 Å². The van der Waals surface area contributed by atoms with E-state index in [1.165, 1.54) is 0 Å². The summed E-state index contributed by atoms with van der Waals surface area (Å²) in [5.74, 6) is 0. The molecule has 4 heteroatoms. The van der Waals surface area contributed by atoms with E-state index in [0.717, 1.165) is 30.2 Å². The van der Waals surface area contributed by atoms with Crippen LogP contribution in [0.3, 0.4) is 0 Å². The fourth-order valence-electron chi connectivity index (χ4n) is 1.42. The minimum atomic E-state index is 0.307. The first-order valence-electron chi connectivity index (χ1n) is 5.04. The van der Waals surface area contributed by atoms with E-state index < -0.39 is 0 Å². The van der Waals surface area contributed by atoms with E-state index in [-0.39, 0.29) is 0 Å². The first-order chi connectivity index (χ1) is 6.74. The second-order valence-corrected chi connectivity index (χ2v) is 4.48. The van der Waals surface area contributed by atoms with Crippen molar-refractivity contribution in [1.82, 2.24) is 9.78 Å². The van der Waals surface area contributed by atoms with E-state index in [2.05, 4.69) is 28.0 Å². The SMILES string of the molecule is C[C@H](CCCCCO)n1cc(Br)cn1. The molecule has 1 N–H and O–H groups in total. The first kappa shape index (κ1) is 11.7. The molecule has 0 aliphatic rings. The van der Waals surface area contributed by atoms with Crippen molar-refractivity contribution in [2.24, 2.45) is 0 Å². The Morgan fingerprint density at radius 1 is 1.50 bits per heavy atom. The number of aromatic nitrogens is 2. The topological polar surface area (TPSA) is 38.0 Å². The highest BCUT2D eigenvalue weighted by Gasteiger charge is 2.04. The smallest absolute Gasteiger partial charge is 0.0632 e. The van der Waals surface area contributed by atoms with Gasteiger partial charge in [-0.15, -0.1) is 0 Å². The quantitative estimate of drug-likeness (QED) is 0.799. The van der Waals surface area contributed by atoms with Crippen LogP contribution >= 0.6 is 15.9 Å². The second kappa shape index (κ2) is 6.19. The summed E-state index contributed by atoms with van der Waals surface area (Å²) in [6.45, 7) is 2.47. The Kier molecular flexibility index (Phi) is 5.19. The summed E-state index contributed by atoms with van der Waals surface area (Å²) >= 11 is 3.38. The first-order valence-corrected chi connectivity index (χ1v) is 5.84. The molecule has 1 aromatic rings. The third kappa shape index (κ3) is 3.80. The number of hydrogen-bond acceptors (Lipinski definition) is 2. The molecule has 0 fully saturated rings.